The molecule has 0 atom stereocenters. The quantitative estimate of drug-likeness (QED) is 0.698. The van der Waals surface area contributed by atoms with E-state index < -0.39 is 0 Å². The van der Waals surface area contributed by atoms with E-state index in [1.807, 2.05) is 32.0 Å². The Hall–Kier alpha value is -3.02. The van der Waals surface area contributed by atoms with Crippen molar-refractivity contribution in [2.24, 2.45) is 4.99 Å². The topological polar surface area (TPSA) is 52.2 Å². The molecule has 5 nitrogen and oxygen atoms in total. The number of carbonyl (C=O) groups excluding carboxylic acids is 1. The second-order valence-electron chi connectivity index (χ2n) is 7.33. The summed E-state index contributed by atoms with van der Waals surface area (Å²) in [6, 6.07) is 11.8. The number of rotatable bonds is 3. The average molecular weight is 378 g/mol. The maximum atomic E-state index is 13.4. The van der Waals surface area contributed by atoms with Gasteiger partial charge in [0.1, 0.15) is 11.3 Å². The predicted molar refractivity (Wildman–Crippen MR) is 105 cm³/mol. The van der Waals surface area contributed by atoms with Gasteiger partial charge in [-0.2, -0.15) is 5.10 Å². The van der Waals surface area contributed by atoms with Crippen molar-refractivity contribution < 1.29 is 9.18 Å². The number of fused-ring (bicyclic) bond motifs is 1. The van der Waals surface area contributed by atoms with E-state index in [9.17, 15) is 9.18 Å². The number of halogens is 1. The molecule has 28 heavy (non-hydrogen) atoms. The van der Waals surface area contributed by atoms with Crippen LogP contribution in [0.25, 0.3) is 5.69 Å². The smallest absolute Gasteiger partial charge is 0.266 e. The fourth-order valence-electron chi connectivity index (χ4n) is 3.66. The Morgan fingerprint density at radius 1 is 1.11 bits per heavy atom. The molecule has 3 aromatic rings. The summed E-state index contributed by atoms with van der Waals surface area (Å²) in [5.74, 6) is -0.472. The minimum atomic E-state index is -0.291. The number of aromatic nitrogens is 3. The zero-order chi connectivity index (χ0) is 19.7. The average Bonchev–Trinajstić information content (AvgIpc) is 3.08. The molecule has 2 aromatic heterocycles. The van der Waals surface area contributed by atoms with Gasteiger partial charge < -0.3 is 0 Å². The van der Waals surface area contributed by atoms with E-state index in [1.54, 1.807) is 27.6 Å². The molecule has 1 aliphatic rings. The molecule has 0 aliphatic heterocycles. The molecular formula is C22H23FN4O. The third-order valence-electron chi connectivity index (χ3n) is 4.90. The van der Waals surface area contributed by atoms with Gasteiger partial charge in [0, 0.05) is 23.5 Å². The van der Waals surface area contributed by atoms with Crippen LogP contribution in [-0.2, 0) is 12.8 Å². The molecular weight excluding hydrogens is 355 g/mol. The van der Waals surface area contributed by atoms with Crippen LogP contribution in [0.3, 0.4) is 0 Å². The van der Waals surface area contributed by atoms with E-state index in [-0.39, 0.29) is 17.8 Å². The maximum absolute atomic E-state index is 13.4. The van der Waals surface area contributed by atoms with Gasteiger partial charge in [-0.05, 0) is 75.9 Å². The maximum Gasteiger partial charge on any atom is 0.284 e. The highest BCUT2D eigenvalue weighted by molar-refractivity contribution is 5.95. The molecule has 4 rings (SSSR count). The minimum absolute atomic E-state index is 0.0761. The SMILES string of the molecule is CC(C)N=c1ccccn1C(=O)c1nn(-c2ccc(F)cc2)c2c1CCCC2. The lowest BCUT2D eigenvalue weighted by Gasteiger charge is -2.14. The summed E-state index contributed by atoms with van der Waals surface area (Å²) in [5, 5.41) is 4.67. The van der Waals surface area contributed by atoms with Crippen LogP contribution >= 0.6 is 0 Å². The summed E-state index contributed by atoms with van der Waals surface area (Å²) in [6.07, 6.45) is 5.50. The molecule has 0 unspecified atom stereocenters. The number of hydrogen-bond acceptors (Lipinski definition) is 3. The van der Waals surface area contributed by atoms with Gasteiger partial charge in [0.2, 0.25) is 0 Å². The van der Waals surface area contributed by atoms with Crippen LogP contribution in [0.4, 0.5) is 4.39 Å². The Morgan fingerprint density at radius 2 is 1.86 bits per heavy atom. The summed E-state index contributed by atoms with van der Waals surface area (Å²) in [6.45, 7) is 3.96. The van der Waals surface area contributed by atoms with Crippen LogP contribution in [0.2, 0.25) is 0 Å². The van der Waals surface area contributed by atoms with Gasteiger partial charge in [-0.1, -0.05) is 6.07 Å². The summed E-state index contributed by atoms with van der Waals surface area (Å²) in [5.41, 5.74) is 3.87. The Bertz CT molecular complexity index is 1080. The summed E-state index contributed by atoms with van der Waals surface area (Å²) in [7, 11) is 0. The Morgan fingerprint density at radius 3 is 2.61 bits per heavy atom. The summed E-state index contributed by atoms with van der Waals surface area (Å²) in [4.78, 5) is 17.9. The number of nitrogens with zero attached hydrogens (tertiary/aromatic N) is 4. The van der Waals surface area contributed by atoms with Crippen LogP contribution in [0.15, 0.2) is 53.7 Å². The molecule has 0 saturated carbocycles. The predicted octanol–water partition coefficient (Wildman–Crippen LogP) is 3.69. The molecule has 0 amide bonds. The Balaban J connectivity index is 1.85. The van der Waals surface area contributed by atoms with Gasteiger partial charge >= 0.3 is 0 Å². The molecule has 6 heteroatoms. The third-order valence-corrected chi connectivity index (χ3v) is 4.90. The van der Waals surface area contributed by atoms with E-state index in [0.717, 1.165) is 42.6 Å². The van der Waals surface area contributed by atoms with Crippen molar-refractivity contribution in [3.8, 4) is 5.69 Å². The lowest BCUT2D eigenvalue weighted by molar-refractivity contribution is 0.0948. The monoisotopic (exact) mass is 378 g/mol. The zero-order valence-electron chi connectivity index (χ0n) is 16.1. The van der Waals surface area contributed by atoms with Crippen molar-refractivity contribution in [2.45, 2.75) is 45.6 Å². The molecule has 0 fully saturated rings. The molecule has 0 radical (unpaired) electrons. The highest BCUT2D eigenvalue weighted by Crippen LogP contribution is 2.27. The third kappa shape index (κ3) is 3.42. The van der Waals surface area contributed by atoms with Crippen molar-refractivity contribution in [3.63, 3.8) is 0 Å². The number of benzene rings is 1. The van der Waals surface area contributed by atoms with Gasteiger partial charge in [0.25, 0.3) is 5.91 Å². The normalized spacial score (nSPS) is 14.4. The molecule has 0 N–H and O–H groups in total. The summed E-state index contributed by atoms with van der Waals surface area (Å²) >= 11 is 0. The number of carbonyl (C=O) groups is 1. The standard InChI is InChI=1S/C22H23FN4O/c1-15(2)24-20-9-5-6-14-26(20)22(28)21-18-7-3-4-8-19(18)27(25-21)17-12-10-16(23)11-13-17/h5-6,9-15H,3-4,7-8H2,1-2H3. The first kappa shape index (κ1) is 18.3. The van der Waals surface area contributed by atoms with Crippen LogP contribution in [-0.4, -0.2) is 26.3 Å². The second kappa shape index (κ2) is 7.54. The van der Waals surface area contributed by atoms with E-state index in [4.69, 9.17) is 0 Å². The van der Waals surface area contributed by atoms with Crippen LogP contribution in [0.1, 0.15) is 48.4 Å². The van der Waals surface area contributed by atoms with Gasteiger partial charge in [-0.15, -0.1) is 0 Å². The largest absolute Gasteiger partial charge is 0.284 e. The fourth-order valence-corrected chi connectivity index (χ4v) is 3.66. The number of pyridine rings is 1. The van der Waals surface area contributed by atoms with E-state index >= 15 is 0 Å². The zero-order valence-corrected chi connectivity index (χ0v) is 16.1. The van der Waals surface area contributed by atoms with Crippen molar-refractivity contribution in [3.05, 3.63) is 76.9 Å². The molecule has 144 valence electrons. The first-order chi connectivity index (χ1) is 13.5. The van der Waals surface area contributed by atoms with E-state index in [0.29, 0.717) is 11.2 Å². The first-order valence-electron chi connectivity index (χ1n) is 9.67. The highest BCUT2D eigenvalue weighted by atomic mass is 19.1. The molecule has 0 bridgehead atoms. The van der Waals surface area contributed by atoms with Crippen molar-refractivity contribution in [2.75, 3.05) is 0 Å². The van der Waals surface area contributed by atoms with Crippen molar-refractivity contribution in [1.29, 1.82) is 0 Å². The Labute approximate surface area is 163 Å². The summed E-state index contributed by atoms with van der Waals surface area (Å²) < 4.78 is 16.7. The van der Waals surface area contributed by atoms with Gasteiger partial charge in [0.05, 0.1) is 5.69 Å². The van der Waals surface area contributed by atoms with E-state index in [1.165, 1.54) is 12.1 Å². The molecule has 0 spiro atoms. The molecule has 2 heterocycles. The second-order valence-corrected chi connectivity index (χ2v) is 7.33. The molecule has 1 aliphatic carbocycles. The Kier molecular flexibility index (Phi) is 4.94. The number of hydrogen-bond donors (Lipinski definition) is 0. The van der Waals surface area contributed by atoms with Gasteiger partial charge in [0.15, 0.2) is 5.69 Å². The molecule has 1 aromatic carbocycles. The van der Waals surface area contributed by atoms with Crippen molar-refractivity contribution in [1.82, 2.24) is 14.3 Å². The minimum Gasteiger partial charge on any atom is -0.266 e. The van der Waals surface area contributed by atoms with Gasteiger partial charge in [-0.3, -0.25) is 14.4 Å². The highest BCUT2D eigenvalue weighted by Gasteiger charge is 2.26. The lowest BCUT2D eigenvalue weighted by atomic mass is 9.95. The van der Waals surface area contributed by atoms with Crippen LogP contribution in [0.5, 0.6) is 0 Å². The van der Waals surface area contributed by atoms with Crippen molar-refractivity contribution >= 4 is 5.91 Å². The molecule has 0 saturated heterocycles. The lowest BCUT2D eigenvalue weighted by Crippen LogP contribution is -2.29. The van der Waals surface area contributed by atoms with E-state index in [2.05, 4.69) is 10.1 Å². The van der Waals surface area contributed by atoms with Crippen LogP contribution < -0.4 is 5.49 Å². The van der Waals surface area contributed by atoms with Crippen LogP contribution in [0, 0.1) is 5.82 Å². The first-order valence-corrected chi connectivity index (χ1v) is 9.67. The van der Waals surface area contributed by atoms with Gasteiger partial charge in [-0.25, -0.2) is 9.07 Å². The fraction of sp³-hybridized carbons (Fsp3) is 0.318.